The Balaban J connectivity index is 1.72. The smallest absolute Gasteiger partial charge is 0.279 e. The van der Waals surface area contributed by atoms with E-state index in [0.29, 0.717) is 5.69 Å². The van der Waals surface area contributed by atoms with E-state index in [1.54, 1.807) is 12.1 Å². The molecule has 0 aromatic heterocycles. The summed E-state index contributed by atoms with van der Waals surface area (Å²) in [6.07, 6.45) is -2.53. The van der Waals surface area contributed by atoms with Gasteiger partial charge in [-0.2, -0.15) is 5.10 Å². The van der Waals surface area contributed by atoms with Gasteiger partial charge in [0.1, 0.15) is 5.82 Å². The third-order valence-corrected chi connectivity index (χ3v) is 4.64. The van der Waals surface area contributed by atoms with Crippen LogP contribution >= 0.6 is 12.2 Å². The largest absolute Gasteiger partial charge is 0.366 e. The van der Waals surface area contributed by atoms with E-state index >= 15 is 0 Å². The number of ether oxygens (including phenoxy) is 3. The van der Waals surface area contributed by atoms with Crippen LogP contribution in [0.4, 0.5) is 15.8 Å². The highest BCUT2D eigenvalue weighted by Crippen LogP contribution is 2.30. The topological polar surface area (TPSA) is 125 Å². The lowest BCUT2D eigenvalue weighted by atomic mass is 10.1. The predicted octanol–water partition coefficient (Wildman–Crippen LogP) is 1.48. The number of para-hydroxylation sites is 1. The van der Waals surface area contributed by atoms with Crippen molar-refractivity contribution >= 4 is 40.3 Å². The van der Waals surface area contributed by atoms with E-state index in [1.165, 1.54) is 31.1 Å². The minimum atomic E-state index is -1.54. The summed E-state index contributed by atoms with van der Waals surface area (Å²) in [5, 5.41) is 26.7. The Morgan fingerprint density at radius 2 is 1.94 bits per heavy atom. The molecule has 10 nitrogen and oxygen atoms in total. The van der Waals surface area contributed by atoms with E-state index in [1.807, 2.05) is 18.2 Å². The SMILES string of the molecule is COC(O)OC(C)OC(O)CN1C(=O)/C(=N/NC(=S)Nc2ccccc2)c2cc(F)ccc21. The molecule has 0 fully saturated rings. The first-order valence-electron chi connectivity index (χ1n) is 9.80. The standard InChI is InChI=1S/C21H23FN4O6S/c1-12(32-21(29)30-2)31-17(27)11-26-16-9-8-13(22)10-15(16)18(19(26)28)24-25-20(33)23-14-6-4-3-5-7-14/h3-10,12,17,21,27,29H,11H2,1-2H3,(H2,23,25,33)/b24-18+. The third-order valence-electron chi connectivity index (χ3n) is 4.45. The number of carbonyl (C=O) groups excluding carboxylic acids is 1. The maximum atomic E-state index is 13.9. The minimum absolute atomic E-state index is 0.0898. The second-order valence-electron chi connectivity index (χ2n) is 6.81. The molecule has 3 rings (SSSR count). The number of rotatable bonds is 9. The molecule has 12 heteroatoms. The van der Waals surface area contributed by atoms with E-state index < -0.39 is 30.8 Å². The van der Waals surface area contributed by atoms with Crippen molar-refractivity contribution in [2.75, 3.05) is 23.9 Å². The van der Waals surface area contributed by atoms with E-state index in [9.17, 15) is 19.4 Å². The third kappa shape index (κ3) is 6.51. The van der Waals surface area contributed by atoms with Gasteiger partial charge in [0.05, 0.1) is 12.2 Å². The molecule has 1 aliphatic rings. The number of halogens is 1. The summed E-state index contributed by atoms with van der Waals surface area (Å²) in [5.41, 5.74) is 3.76. The molecule has 33 heavy (non-hydrogen) atoms. The van der Waals surface area contributed by atoms with Crippen LogP contribution < -0.4 is 15.6 Å². The van der Waals surface area contributed by atoms with Gasteiger partial charge in [-0.1, -0.05) is 18.2 Å². The summed E-state index contributed by atoms with van der Waals surface area (Å²) in [6.45, 7) is -0.416. The van der Waals surface area contributed by atoms with Crippen LogP contribution in [0.3, 0.4) is 0 Å². The summed E-state index contributed by atoms with van der Waals surface area (Å²) in [7, 11) is 1.22. The van der Waals surface area contributed by atoms with Crippen molar-refractivity contribution in [3.05, 3.63) is 59.9 Å². The number of carbonyl (C=O) groups is 1. The Morgan fingerprint density at radius 3 is 2.64 bits per heavy atom. The molecule has 1 amide bonds. The molecule has 0 aliphatic carbocycles. The van der Waals surface area contributed by atoms with Gasteiger partial charge in [-0.15, -0.1) is 0 Å². The Kier molecular flexibility index (Phi) is 8.38. The number of β-amino-alcohol motifs (C(OH)–C–C–N with tert-alkyl or cyclic N) is 1. The second kappa shape index (κ2) is 11.2. The highest BCUT2D eigenvalue weighted by molar-refractivity contribution is 7.80. The molecular weight excluding hydrogens is 455 g/mol. The van der Waals surface area contributed by atoms with Crippen molar-refractivity contribution in [1.29, 1.82) is 0 Å². The molecule has 0 bridgehead atoms. The number of methoxy groups -OCH3 is 1. The van der Waals surface area contributed by atoms with Crippen LogP contribution in [0.1, 0.15) is 12.5 Å². The van der Waals surface area contributed by atoms with Crippen LogP contribution in [0.25, 0.3) is 0 Å². The monoisotopic (exact) mass is 478 g/mol. The molecule has 0 saturated heterocycles. The summed E-state index contributed by atoms with van der Waals surface area (Å²) in [4.78, 5) is 14.2. The van der Waals surface area contributed by atoms with Crippen molar-refractivity contribution in [1.82, 2.24) is 5.43 Å². The number of aliphatic hydroxyl groups is 2. The number of nitrogens with one attached hydrogen (secondary N) is 2. The van der Waals surface area contributed by atoms with Crippen LogP contribution in [0.15, 0.2) is 53.6 Å². The molecule has 0 radical (unpaired) electrons. The van der Waals surface area contributed by atoms with Gasteiger partial charge in [-0.25, -0.2) is 4.39 Å². The van der Waals surface area contributed by atoms with E-state index in [-0.39, 0.29) is 22.9 Å². The molecule has 4 N–H and O–H groups in total. The van der Waals surface area contributed by atoms with E-state index in [4.69, 9.17) is 21.7 Å². The van der Waals surface area contributed by atoms with Crippen LogP contribution in [0, 0.1) is 5.82 Å². The number of hydrazone groups is 1. The fraction of sp³-hybridized carbons (Fsp3) is 0.286. The Labute approximate surface area is 194 Å². The first-order valence-corrected chi connectivity index (χ1v) is 10.2. The van der Waals surface area contributed by atoms with Crippen molar-refractivity contribution < 1.29 is 33.6 Å². The van der Waals surface area contributed by atoms with Gasteiger partial charge in [-0.3, -0.25) is 10.2 Å². The number of hydrogen-bond donors (Lipinski definition) is 4. The molecular formula is C21H23FN4O6S. The number of amides is 1. The molecule has 3 atom stereocenters. The van der Waals surface area contributed by atoms with Crippen molar-refractivity contribution in [3.8, 4) is 0 Å². The quantitative estimate of drug-likeness (QED) is 0.241. The molecule has 1 heterocycles. The summed E-state index contributed by atoms with van der Waals surface area (Å²) >= 11 is 5.19. The Bertz CT molecular complexity index is 1030. The second-order valence-corrected chi connectivity index (χ2v) is 7.22. The van der Waals surface area contributed by atoms with Gasteiger partial charge >= 0.3 is 0 Å². The van der Waals surface area contributed by atoms with E-state index in [2.05, 4.69) is 20.6 Å². The number of benzene rings is 2. The molecule has 0 spiro atoms. The summed E-state index contributed by atoms with van der Waals surface area (Å²) < 4.78 is 28.6. The normalized spacial score (nSPS) is 16.9. The van der Waals surface area contributed by atoms with Gasteiger partial charge in [0.25, 0.3) is 12.4 Å². The Morgan fingerprint density at radius 1 is 1.21 bits per heavy atom. The van der Waals surface area contributed by atoms with Crippen LogP contribution in [-0.2, 0) is 19.0 Å². The van der Waals surface area contributed by atoms with Gasteiger partial charge in [0.15, 0.2) is 23.4 Å². The van der Waals surface area contributed by atoms with Crippen LogP contribution in [0.5, 0.6) is 0 Å². The molecule has 0 saturated carbocycles. The molecule has 2 aromatic rings. The lowest BCUT2D eigenvalue weighted by Gasteiger charge is -2.24. The fourth-order valence-corrected chi connectivity index (χ4v) is 3.20. The van der Waals surface area contributed by atoms with Crippen molar-refractivity contribution in [2.24, 2.45) is 5.10 Å². The zero-order chi connectivity index (χ0) is 24.0. The number of fused-ring (bicyclic) bond motifs is 1. The average molecular weight is 479 g/mol. The van der Waals surface area contributed by atoms with E-state index in [0.717, 1.165) is 11.8 Å². The van der Waals surface area contributed by atoms with Gasteiger partial charge in [0, 0.05) is 18.4 Å². The maximum absolute atomic E-state index is 13.9. The van der Waals surface area contributed by atoms with Gasteiger partial charge in [0.2, 0.25) is 0 Å². The zero-order valence-corrected chi connectivity index (χ0v) is 18.6. The van der Waals surface area contributed by atoms with Crippen molar-refractivity contribution in [3.63, 3.8) is 0 Å². The van der Waals surface area contributed by atoms with Gasteiger partial charge < -0.3 is 34.6 Å². The molecule has 176 valence electrons. The van der Waals surface area contributed by atoms with Gasteiger partial charge in [-0.05, 0) is 49.5 Å². The number of thiocarbonyl (C=S) groups is 1. The highest BCUT2D eigenvalue weighted by atomic mass is 32.1. The minimum Gasteiger partial charge on any atom is -0.366 e. The average Bonchev–Trinajstić information content (AvgIpc) is 3.02. The number of aliphatic hydroxyl groups excluding tert-OH is 2. The number of nitrogens with zero attached hydrogens (tertiary/aromatic N) is 2. The van der Waals surface area contributed by atoms with Crippen molar-refractivity contribution in [2.45, 2.75) is 26.0 Å². The molecule has 1 aliphatic heterocycles. The lowest BCUT2D eigenvalue weighted by Crippen LogP contribution is -2.40. The zero-order valence-electron chi connectivity index (χ0n) is 17.8. The number of anilines is 2. The first-order chi connectivity index (χ1) is 15.8. The lowest BCUT2D eigenvalue weighted by molar-refractivity contribution is -0.331. The highest BCUT2D eigenvalue weighted by Gasteiger charge is 2.36. The summed E-state index contributed by atoms with van der Waals surface area (Å²) in [6, 6.07) is 12.8. The predicted molar refractivity (Wildman–Crippen MR) is 122 cm³/mol. The van der Waals surface area contributed by atoms with Crippen LogP contribution in [-0.4, -0.2) is 59.7 Å². The van der Waals surface area contributed by atoms with Crippen LogP contribution in [0.2, 0.25) is 0 Å². The molecule has 3 unspecified atom stereocenters. The molecule has 2 aromatic carbocycles. The Hall–Kier alpha value is -3.00. The fourth-order valence-electron chi connectivity index (χ4n) is 3.03. The summed E-state index contributed by atoms with van der Waals surface area (Å²) in [5.74, 6) is -1.16. The first kappa shape index (κ1) is 24.6. The maximum Gasteiger partial charge on any atom is 0.279 e. The number of hydrogen-bond acceptors (Lipinski definition) is 8.